The SMILES string of the molecule is COc1ncnn2ccc(-c3cnc4nc(C)n(Cc5cnn(C)c5)c4c3)c12. The quantitative estimate of drug-likeness (QED) is 0.479. The average molecular weight is 374 g/mol. The van der Waals surface area contributed by atoms with E-state index in [0.717, 1.165) is 39.2 Å². The Balaban J connectivity index is 1.67. The van der Waals surface area contributed by atoms with Crippen LogP contribution in [-0.2, 0) is 13.6 Å². The van der Waals surface area contributed by atoms with Crippen molar-refractivity contribution in [3.8, 4) is 17.0 Å². The number of hydrogen-bond donors (Lipinski definition) is 0. The number of nitrogens with zero attached hydrogens (tertiary/aromatic N) is 8. The molecule has 28 heavy (non-hydrogen) atoms. The zero-order valence-electron chi connectivity index (χ0n) is 15.7. The van der Waals surface area contributed by atoms with Crippen molar-refractivity contribution in [3.05, 3.63) is 54.6 Å². The van der Waals surface area contributed by atoms with Crippen LogP contribution in [0.15, 0.2) is 43.2 Å². The molecule has 0 radical (unpaired) electrons. The van der Waals surface area contributed by atoms with Gasteiger partial charge in [0, 0.05) is 42.3 Å². The van der Waals surface area contributed by atoms with E-state index in [1.54, 1.807) is 16.3 Å². The number of aryl methyl sites for hydroxylation is 2. The van der Waals surface area contributed by atoms with Crippen LogP contribution in [0.4, 0.5) is 0 Å². The summed E-state index contributed by atoms with van der Waals surface area (Å²) in [4.78, 5) is 13.4. The van der Waals surface area contributed by atoms with Gasteiger partial charge < -0.3 is 9.30 Å². The Morgan fingerprint density at radius 3 is 2.82 bits per heavy atom. The zero-order chi connectivity index (χ0) is 19.3. The van der Waals surface area contributed by atoms with E-state index in [1.807, 2.05) is 44.8 Å². The van der Waals surface area contributed by atoms with Gasteiger partial charge in [-0.2, -0.15) is 15.2 Å². The van der Waals surface area contributed by atoms with Gasteiger partial charge in [0.2, 0.25) is 5.88 Å². The summed E-state index contributed by atoms with van der Waals surface area (Å²) in [5.41, 5.74) is 5.51. The van der Waals surface area contributed by atoms with Gasteiger partial charge in [-0.3, -0.25) is 4.68 Å². The molecular weight excluding hydrogens is 356 g/mol. The first kappa shape index (κ1) is 16.4. The second-order valence-electron chi connectivity index (χ2n) is 6.63. The Morgan fingerprint density at radius 1 is 1.14 bits per heavy atom. The van der Waals surface area contributed by atoms with Gasteiger partial charge in [0.1, 0.15) is 17.7 Å². The minimum atomic E-state index is 0.523. The minimum absolute atomic E-state index is 0.523. The fourth-order valence-corrected chi connectivity index (χ4v) is 3.51. The van der Waals surface area contributed by atoms with Gasteiger partial charge in [-0.15, -0.1) is 0 Å². The molecule has 5 aromatic rings. The lowest BCUT2D eigenvalue weighted by Gasteiger charge is -2.07. The third kappa shape index (κ3) is 2.51. The van der Waals surface area contributed by atoms with E-state index in [1.165, 1.54) is 6.33 Å². The monoisotopic (exact) mass is 374 g/mol. The first-order chi connectivity index (χ1) is 13.6. The van der Waals surface area contributed by atoms with Gasteiger partial charge in [0.15, 0.2) is 5.65 Å². The Kier molecular flexibility index (Phi) is 3.61. The summed E-state index contributed by atoms with van der Waals surface area (Å²) < 4.78 is 11.1. The van der Waals surface area contributed by atoms with Crippen LogP contribution in [0.25, 0.3) is 27.8 Å². The number of pyridine rings is 1. The third-order valence-corrected chi connectivity index (χ3v) is 4.82. The van der Waals surface area contributed by atoms with Crippen molar-refractivity contribution in [2.45, 2.75) is 13.5 Å². The van der Waals surface area contributed by atoms with Crippen LogP contribution in [0, 0.1) is 6.92 Å². The molecule has 9 heteroatoms. The molecule has 0 unspecified atom stereocenters. The predicted octanol–water partition coefficient (Wildman–Crippen LogP) is 2.24. The molecule has 0 aliphatic heterocycles. The van der Waals surface area contributed by atoms with E-state index in [-0.39, 0.29) is 0 Å². The maximum absolute atomic E-state index is 5.43. The molecule has 0 fully saturated rings. The summed E-state index contributed by atoms with van der Waals surface area (Å²) in [6.45, 7) is 2.67. The van der Waals surface area contributed by atoms with Gasteiger partial charge in [-0.25, -0.2) is 14.5 Å². The molecule has 0 aliphatic carbocycles. The average Bonchev–Trinajstić information content (AvgIpc) is 3.39. The molecule has 0 bridgehead atoms. The van der Waals surface area contributed by atoms with Gasteiger partial charge in [-0.1, -0.05) is 0 Å². The van der Waals surface area contributed by atoms with Crippen molar-refractivity contribution in [2.75, 3.05) is 7.11 Å². The van der Waals surface area contributed by atoms with Crippen molar-refractivity contribution in [3.63, 3.8) is 0 Å². The van der Waals surface area contributed by atoms with Crippen LogP contribution < -0.4 is 4.74 Å². The Morgan fingerprint density at radius 2 is 2.04 bits per heavy atom. The van der Waals surface area contributed by atoms with Crippen LogP contribution >= 0.6 is 0 Å². The van der Waals surface area contributed by atoms with Gasteiger partial charge in [-0.05, 0) is 19.1 Å². The molecule has 0 aliphatic rings. The second kappa shape index (κ2) is 6.15. The fourth-order valence-electron chi connectivity index (χ4n) is 3.51. The molecule has 5 aromatic heterocycles. The number of ether oxygens (including phenoxy) is 1. The second-order valence-corrected chi connectivity index (χ2v) is 6.63. The highest BCUT2D eigenvalue weighted by Gasteiger charge is 2.16. The molecule has 9 nitrogen and oxygen atoms in total. The maximum atomic E-state index is 5.43. The Hall–Kier alpha value is -3.75. The van der Waals surface area contributed by atoms with Crippen molar-refractivity contribution in [1.29, 1.82) is 0 Å². The van der Waals surface area contributed by atoms with Gasteiger partial charge >= 0.3 is 0 Å². The normalized spacial score (nSPS) is 11.5. The highest BCUT2D eigenvalue weighted by Crippen LogP contribution is 2.31. The number of aromatic nitrogens is 8. The number of methoxy groups -OCH3 is 1. The van der Waals surface area contributed by atoms with Crippen molar-refractivity contribution in [2.24, 2.45) is 7.05 Å². The van der Waals surface area contributed by atoms with E-state index in [9.17, 15) is 0 Å². The molecule has 5 rings (SSSR count). The molecule has 0 N–H and O–H groups in total. The Labute approximate surface area is 160 Å². The number of rotatable bonds is 4. The molecule has 0 aromatic carbocycles. The van der Waals surface area contributed by atoms with Crippen LogP contribution in [0.1, 0.15) is 11.4 Å². The lowest BCUT2D eigenvalue weighted by Crippen LogP contribution is -2.01. The van der Waals surface area contributed by atoms with Crippen LogP contribution in [-0.4, -0.2) is 46.0 Å². The molecule has 0 saturated carbocycles. The van der Waals surface area contributed by atoms with E-state index in [0.29, 0.717) is 12.4 Å². The minimum Gasteiger partial charge on any atom is -0.479 e. The third-order valence-electron chi connectivity index (χ3n) is 4.82. The van der Waals surface area contributed by atoms with Gasteiger partial charge in [0.05, 0.1) is 25.4 Å². The molecule has 5 heterocycles. The highest BCUT2D eigenvalue weighted by atomic mass is 16.5. The summed E-state index contributed by atoms with van der Waals surface area (Å²) in [5.74, 6) is 1.43. The largest absolute Gasteiger partial charge is 0.479 e. The first-order valence-corrected chi connectivity index (χ1v) is 8.81. The number of imidazole rings is 1. The van der Waals surface area contributed by atoms with Crippen LogP contribution in [0.2, 0.25) is 0 Å². The van der Waals surface area contributed by atoms with E-state index < -0.39 is 0 Å². The van der Waals surface area contributed by atoms with Gasteiger partial charge in [0.25, 0.3) is 0 Å². The van der Waals surface area contributed by atoms with Crippen molar-refractivity contribution < 1.29 is 4.74 Å². The summed E-state index contributed by atoms with van der Waals surface area (Å²) in [5, 5.41) is 8.51. The van der Waals surface area contributed by atoms with Crippen LogP contribution in [0.5, 0.6) is 5.88 Å². The standard InChI is InChI=1S/C19H18N8O/c1-12-24-18-16(26(12)10-13-7-22-25(2)9-13)6-14(8-20-18)15-4-5-27-17(15)19(28-3)21-11-23-27/h4-9,11H,10H2,1-3H3. The zero-order valence-corrected chi connectivity index (χ0v) is 15.7. The molecule has 0 atom stereocenters. The maximum Gasteiger partial charge on any atom is 0.241 e. The van der Waals surface area contributed by atoms with E-state index in [2.05, 4.69) is 35.8 Å². The first-order valence-electron chi connectivity index (χ1n) is 8.81. The lowest BCUT2D eigenvalue weighted by atomic mass is 10.1. The smallest absolute Gasteiger partial charge is 0.241 e. The highest BCUT2D eigenvalue weighted by molar-refractivity contribution is 5.87. The number of hydrogen-bond acceptors (Lipinski definition) is 6. The Bertz CT molecular complexity index is 1310. The lowest BCUT2D eigenvalue weighted by molar-refractivity contribution is 0.399. The van der Waals surface area contributed by atoms with E-state index >= 15 is 0 Å². The molecule has 0 saturated heterocycles. The number of fused-ring (bicyclic) bond motifs is 2. The molecule has 0 amide bonds. The molecular formula is C19H18N8O. The van der Waals surface area contributed by atoms with Crippen LogP contribution in [0.3, 0.4) is 0 Å². The molecule has 0 spiro atoms. The summed E-state index contributed by atoms with van der Waals surface area (Å²) in [7, 11) is 3.52. The topological polar surface area (TPSA) is 87.9 Å². The fraction of sp³-hybridized carbons (Fsp3) is 0.211. The summed E-state index contributed by atoms with van der Waals surface area (Å²) in [6.07, 6.45) is 9.06. The molecule has 140 valence electrons. The summed E-state index contributed by atoms with van der Waals surface area (Å²) in [6, 6.07) is 4.09. The van der Waals surface area contributed by atoms with Crippen molar-refractivity contribution in [1.82, 2.24) is 38.9 Å². The van der Waals surface area contributed by atoms with E-state index in [4.69, 9.17) is 4.74 Å². The predicted molar refractivity (Wildman–Crippen MR) is 103 cm³/mol. The summed E-state index contributed by atoms with van der Waals surface area (Å²) >= 11 is 0. The van der Waals surface area contributed by atoms with Crippen molar-refractivity contribution >= 4 is 16.7 Å².